The Morgan fingerprint density at radius 1 is 1.16 bits per heavy atom. The summed E-state index contributed by atoms with van der Waals surface area (Å²) >= 11 is 0. The molecule has 2 aromatic rings. The van der Waals surface area contributed by atoms with Crippen LogP contribution >= 0.6 is 0 Å². The predicted octanol–water partition coefficient (Wildman–Crippen LogP) is 6.16. The number of rotatable bonds is 10. The van der Waals surface area contributed by atoms with Gasteiger partial charge in [0.15, 0.2) is 0 Å². The largest absolute Gasteiger partial charge is 0.493 e. The first kappa shape index (κ1) is 28.0. The summed E-state index contributed by atoms with van der Waals surface area (Å²) in [5.74, 6) is -0.225. The first-order chi connectivity index (χ1) is 18.1. The Bertz CT molecular complexity index is 1170. The summed E-state index contributed by atoms with van der Waals surface area (Å²) in [5, 5.41) is 4.16. The number of oxime groups is 1. The molecule has 1 atom stereocenters. The second-order valence-electron chi connectivity index (χ2n) is 10.4. The summed E-state index contributed by atoms with van der Waals surface area (Å²) in [7, 11) is 0. The smallest absolute Gasteiger partial charge is 0.419 e. The van der Waals surface area contributed by atoms with Crippen molar-refractivity contribution in [2.24, 2.45) is 17.0 Å². The lowest BCUT2D eigenvalue weighted by Gasteiger charge is -2.42. The average Bonchev–Trinajstić information content (AvgIpc) is 3.24. The topological polar surface area (TPSA) is 60.4 Å². The summed E-state index contributed by atoms with van der Waals surface area (Å²) in [5.41, 5.74) is 3.61. The molecule has 1 fully saturated rings. The van der Waals surface area contributed by atoms with Crippen molar-refractivity contribution in [1.29, 1.82) is 0 Å². The van der Waals surface area contributed by atoms with Crippen LogP contribution in [0.15, 0.2) is 41.6 Å². The fourth-order valence-corrected chi connectivity index (χ4v) is 4.90. The van der Waals surface area contributed by atoms with Crippen LogP contribution in [0.5, 0.6) is 5.75 Å². The third kappa shape index (κ3) is 6.49. The Morgan fingerprint density at radius 2 is 1.92 bits per heavy atom. The van der Waals surface area contributed by atoms with E-state index in [4.69, 9.17) is 14.3 Å². The number of ether oxygens (including phenoxy) is 2. The van der Waals surface area contributed by atoms with Gasteiger partial charge in [0.25, 0.3) is 0 Å². The van der Waals surface area contributed by atoms with Gasteiger partial charge in [0, 0.05) is 19.1 Å². The van der Waals surface area contributed by atoms with Crippen LogP contribution in [-0.4, -0.2) is 42.9 Å². The van der Waals surface area contributed by atoms with Crippen LogP contribution in [0.25, 0.3) is 0 Å². The number of fused-ring (bicyclic) bond motifs is 1. The highest BCUT2D eigenvalue weighted by atomic mass is 19.4. The molecule has 1 heterocycles. The molecule has 0 N–H and O–H groups in total. The second kappa shape index (κ2) is 11.8. The Hall–Kier alpha value is -3.07. The number of carbonyl (C=O) groups excluding carboxylic acids is 1. The lowest BCUT2D eigenvalue weighted by atomic mass is 9.94. The molecule has 9 heteroatoms. The van der Waals surface area contributed by atoms with Crippen molar-refractivity contribution in [2.45, 2.75) is 59.4 Å². The summed E-state index contributed by atoms with van der Waals surface area (Å²) in [4.78, 5) is 19.7. The molecule has 2 aliphatic rings. The van der Waals surface area contributed by atoms with E-state index >= 15 is 0 Å². The Labute approximate surface area is 221 Å². The number of nitrogens with zero attached hydrogens (tertiary/aromatic N) is 2. The molecule has 1 aliphatic heterocycles. The van der Waals surface area contributed by atoms with E-state index in [1.165, 1.54) is 17.2 Å². The molecule has 38 heavy (non-hydrogen) atoms. The number of carbonyl (C=O) groups is 1. The molecule has 0 radical (unpaired) electrons. The van der Waals surface area contributed by atoms with Gasteiger partial charge in [-0.3, -0.25) is 9.69 Å². The van der Waals surface area contributed by atoms with Gasteiger partial charge in [-0.05, 0) is 73.1 Å². The SMILES string of the molecule is CCOC(=O)C1CN(C2CCc3cc(/C(C)=N/OCc4ccc(OCC(C)C)c(C(F)(F)F)c4)ccc32)C1. The molecule has 1 unspecified atom stereocenters. The van der Waals surface area contributed by atoms with Crippen molar-refractivity contribution in [3.63, 3.8) is 0 Å². The van der Waals surface area contributed by atoms with Crippen LogP contribution in [0.3, 0.4) is 0 Å². The number of esters is 1. The normalized spacial score (nSPS) is 18.3. The van der Waals surface area contributed by atoms with E-state index in [0.29, 0.717) is 23.9 Å². The predicted molar refractivity (Wildman–Crippen MR) is 138 cm³/mol. The highest BCUT2D eigenvalue weighted by Crippen LogP contribution is 2.40. The quantitative estimate of drug-likeness (QED) is 0.208. The summed E-state index contributed by atoms with van der Waals surface area (Å²) in [6, 6.07) is 10.4. The second-order valence-corrected chi connectivity index (χ2v) is 10.4. The maximum atomic E-state index is 13.6. The van der Waals surface area contributed by atoms with Gasteiger partial charge < -0.3 is 14.3 Å². The van der Waals surface area contributed by atoms with E-state index < -0.39 is 11.7 Å². The highest BCUT2D eigenvalue weighted by molar-refractivity contribution is 5.98. The van der Waals surface area contributed by atoms with E-state index in [9.17, 15) is 18.0 Å². The van der Waals surface area contributed by atoms with Crippen LogP contribution in [0.1, 0.15) is 68.0 Å². The molecule has 4 rings (SSSR count). The molecule has 1 aliphatic carbocycles. The third-order valence-corrected chi connectivity index (χ3v) is 6.93. The van der Waals surface area contributed by atoms with E-state index in [2.05, 4.69) is 22.2 Å². The van der Waals surface area contributed by atoms with Gasteiger partial charge in [-0.2, -0.15) is 13.2 Å². The lowest BCUT2D eigenvalue weighted by molar-refractivity contribution is -0.155. The number of alkyl halides is 3. The van der Waals surface area contributed by atoms with E-state index in [1.54, 1.807) is 6.07 Å². The van der Waals surface area contributed by atoms with Crippen LogP contribution in [-0.2, 0) is 33.6 Å². The number of aryl methyl sites for hydroxylation is 1. The summed E-state index contributed by atoms with van der Waals surface area (Å²) in [6.45, 7) is 9.36. The molecule has 0 aromatic heterocycles. The maximum absolute atomic E-state index is 13.6. The Balaban J connectivity index is 1.36. The monoisotopic (exact) mass is 532 g/mol. The fourth-order valence-electron chi connectivity index (χ4n) is 4.90. The molecule has 206 valence electrons. The van der Waals surface area contributed by atoms with Crippen LogP contribution in [0, 0.1) is 11.8 Å². The molecular formula is C29H35F3N2O4. The van der Waals surface area contributed by atoms with Crippen LogP contribution in [0.2, 0.25) is 0 Å². The van der Waals surface area contributed by atoms with Gasteiger partial charge in [0.05, 0.1) is 30.4 Å². The fraction of sp³-hybridized carbons (Fsp3) is 0.517. The van der Waals surface area contributed by atoms with Crippen molar-refractivity contribution in [3.05, 3.63) is 64.2 Å². The number of likely N-dealkylation sites (tertiary alicyclic amines) is 1. The van der Waals surface area contributed by atoms with E-state index in [0.717, 1.165) is 37.6 Å². The minimum Gasteiger partial charge on any atom is -0.493 e. The zero-order valence-electron chi connectivity index (χ0n) is 22.3. The van der Waals surface area contributed by atoms with Gasteiger partial charge in [-0.25, -0.2) is 0 Å². The molecule has 6 nitrogen and oxygen atoms in total. The van der Waals surface area contributed by atoms with Crippen molar-refractivity contribution < 1.29 is 32.3 Å². The molecule has 2 aromatic carbocycles. The molecule has 0 spiro atoms. The summed E-state index contributed by atoms with van der Waals surface area (Å²) in [6.07, 6.45) is -2.59. The van der Waals surface area contributed by atoms with Gasteiger partial charge in [-0.15, -0.1) is 0 Å². The molecule has 0 bridgehead atoms. The number of halogens is 3. The molecule has 0 saturated carbocycles. The zero-order chi connectivity index (χ0) is 27.4. The van der Waals surface area contributed by atoms with Crippen molar-refractivity contribution in [1.82, 2.24) is 4.90 Å². The van der Waals surface area contributed by atoms with Gasteiger partial charge in [-0.1, -0.05) is 37.2 Å². The number of hydrogen-bond donors (Lipinski definition) is 0. The van der Waals surface area contributed by atoms with Gasteiger partial charge in [0.2, 0.25) is 0 Å². The lowest BCUT2D eigenvalue weighted by Crippen LogP contribution is -2.51. The Morgan fingerprint density at radius 3 is 2.61 bits per heavy atom. The van der Waals surface area contributed by atoms with Crippen LogP contribution < -0.4 is 4.74 Å². The molecule has 1 saturated heterocycles. The van der Waals surface area contributed by atoms with Gasteiger partial charge >= 0.3 is 12.1 Å². The maximum Gasteiger partial charge on any atom is 0.419 e. The van der Waals surface area contributed by atoms with Crippen molar-refractivity contribution in [3.8, 4) is 5.75 Å². The Kier molecular flexibility index (Phi) is 8.65. The van der Waals surface area contributed by atoms with E-state index in [1.807, 2.05) is 33.8 Å². The minimum absolute atomic E-state index is 0.0409. The van der Waals surface area contributed by atoms with Crippen molar-refractivity contribution in [2.75, 3.05) is 26.3 Å². The standard InChI is InChI=1S/C29H35F3N2O4/c1-5-36-28(35)23-14-34(15-23)26-10-8-22-13-21(7-9-24(22)26)19(4)33-38-17-20-6-11-27(37-16-18(2)3)25(12-20)29(30,31)32/h6-7,9,11-13,18,23,26H,5,8,10,14-17H2,1-4H3/b33-19+. The minimum atomic E-state index is -4.53. The molecule has 0 amide bonds. The first-order valence-corrected chi connectivity index (χ1v) is 13.1. The van der Waals surface area contributed by atoms with Crippen molar-refractivity contribution >= 4 is 11.7 Å². The summed E-state index contributed by atoms with van der Waals surface area (Å²) < 4.78 is 51.1. The zero-order valence-corrected chi connectivity index (χ0v) is 22.3. The average molecular weight is 533 g/mol. The molecular weight excluding hydrogens is 497 g/mol. The van der Waals surface area contributed by atoms with Crippen LogP contribution in [0.4, 0.5) is 13.2 Å². The van der Waals surface area contributed by atoms with E-state index in [-0.39, 0.29) is 36.8 Å². The number of benzene rings is 2. The first-order valence-electron chi connectivity index (χ1n) is 13.1. The third-order valence-electron chi connectivity index (χ3n) is 6.93. The number of hydrogen-bond acceptors (Lipinski definition) is 6. The highest BCUT2D eigenvalue weighted by Gasteiger charge is 2.40. The van der Waals surface area contributed by atoms with Gasteiger partial charge in [0.1, 0.15) is 12.4 Å².